The van der Waals surface area contributed by atoms with E-state index in [0.717, 1.165) is 19.3 Å². The second-order valence-electron chi connectivity index (χ2n) is 2.38. The molecule has 0 fully saturated rings. The molecule has 0 aliphatic carbocycles. The van der Waals surface area contributed by atoms with Gasteiger partial charge in [-0.25, -0.2) is 4.21 Å². The summed E-state index contributed by atoms with van der Waals surface area (Å²) in [7, 11) is -2.41. The van der Waals surface area contributed by atoms with E-state index in [1.54, 1.807) is 0 Å². The summed E-state index contributed by atoms with van der Waals surface area (Å²) in [6.07, 6.45) is 4.32. The van der Waals surface area contributed by atoms with Crippen molar-refractivity contribution in [1.29, 1.82) is 0 Å². The number of hydrogen-bond donors (Lipinski definition) is 1. The highest BCUT2D eigenvalue weighted by Gasteiger charge is 1.95. The van der Waals surface area contributed by atoms with Crippen molar-refractivity contribution in [2.45, 2.75) is 19.3 Å². The fourth-order valence-corrected chi connectivity index (χ4v) is 1.26. The molecular weight excluding hydrogens is 182 g/mol. The number of unbranched alkanes of at least 4 members (excludes halogenated alkanes) is 2. The maximum absolute atomic E-state index is 10.8. The summed E-state index contributed by atoms with van der Waals surface area (Å²) in [6, 6.07) is 0. The van der Waals surface area contributed by atoms with Gasteiger partial charge in [0, 0.05) is 17.4 Å². The highest BCUT2D eigenvalue weighted by molar-refractivity contribution is 8.29. The fourth-order valence-electron chi connectivity index (χ4n) is 0.633. The lowest BCUT2D eigenvalue weighted by atomic mass is 10.2. The molecule has 0 amide bonds. The van der Waals surface area contributed by atoms with Gasteiger partial charge >= 0.3 is 0 Å². The van der Waals surface area contributed by atoms with E-state index in [9.17, 15) is 4.21 Å². The molecular formula is C6H15NO2S2. The quantitative estimate of drug-likeness (QED) is 0.627. The predicted molar refractivity (Wildman–Crippen MR) is 50.3 cm³/mol. The van der Waals surface area contributed by atoms with Crippen LogP contribution >= 0.6 is 0 Å². The Hall–Kier alpha value is 0.290. The third-order valence-corrected chi connectivity index (χ3v) is 2.03. The fraction of sp³-hybridized carbons (Fsp3) is 1.00. The van der Waals surface area contributed by atoms with Gasteiger partial charge in [-0.05, 0) is 25.8 Å². The third-order valence-electron chi connectivity index (χ3n) is 1.15. The first kappa shape index (κ1) is 11.3. The van der Waals surface area contributed by atoms with Crippen LogP contribution in [0, 0.1) is 0 Å². The SMILES string of the molecule is CS(=O)(=S)OCCCCCN. The molecule has 3 nitrogen and oxygen atoms in total. The molecule has 0 rings (SSSR count). The minimum atomic E-state index is -2.41. The Kier molecular flexibility index (Phi) is 6.03. The van der Waals surface area contributed by atoms with Crippen LogP contribution < -0.4 is 5.73 Å². The van der Waals surface area contributed by atoms with Gasteiger partial charge in [0.25, 0.3) is 0 Å². The topological polar surface area (TPSA) is 52.3 Å². The molecule has 1 atom stereocenters. The van der Waals surface area contributed by atoms with Gasteiger partial charge in [-0.3, -0.25) is 4.18 Å². The van der Waals surface area contributed by atoms with Crippen LogP contribution in [0.3, 0.4) is 0 Å². The number of hydrogen-bond acceptors (Lipinski definition) is 4. The first-order valence-electron chi connectivity index (χ1n) is 3.61. The summed E-state index contributed by atoms with van der Waals surface area (Å²) in [5.41, 5.74) is 5.28. The van der Waals surface area contributed by atoms with E-state index in [-0.39, 0.29) is 0 Å². The largest absolute Gasteiger partial charge is 0.330 e. The molecule has 0 aliphatic rings. The highest BCUT2D eigenvalue weighted by atomic mass is 32.8. The molecule has 11 heavy (non-hydrogen) atoms. The lowest BCUT2D eigenvalue weighted by Gasteiger charge is -2.01. The Labute approximate surface area is 73.2 Å². The van der Waals surface area contributed by atoms with E-state index in [1.807, 2.05) is 0 Å². The van der Waals surface area contributed by atoms with Crippen LogP contribution in [0.5, 0.6) is 0 Å². The first-order valence-corrected chi connectivity index (χ1v) is 6.42. The van der Waals surface area contributed by atoms with E-state index < -0.39 is 8.77 Å². The van der Waals surface area contributed by atoms with Gasteiger partial charge in [0.1, 0.15) is 8.77 Å². The molecule has 0 radical (unpaired) electrons. The highest BCUT2D eigenvalue weighted by Crippen LogP contribution is 1.96. The van der Waals surface area contributed by atoms with Gasteiger partial charge in [0.05, 0.1) is 6.61 Å². The minimum Gasteiger partial charge on any atom is -0.330 e. The maximum Gasteiger partial charge on any atom is 0.141 e. The monoisotopic (exact) mass is 197 g/mol. The molecule has 1 unspecified atom stereocenters. The zero-order valence-corrected chi connectivity index (χ0v) is 8.38. The van der Waals surface area contributed by atoms with Gasteiger partial charge in [-0.2, -0.15) is 0 Å². The van der Waals surface area contributed by atoms with Crippen molar-refractivity contribution in [1.82, 2.24) is 0 Å². The molecule has 0 aromatic heterocycles. The molecule has 68 valence electrons. The van der Waals surface area contributed by atoms with Crippen molar-refractivity contribution < 1.29 is 8.39 Å². The van der Waals surface area contributed by atoms with E-state index in [0.29, 0.717) is 13.2 Å². The lowest BCUT2D eigenvalue weighted by molar-refractivity contribution is 0.335. The third kappa shape index (κ3) is 10.3. The van der Waals surface area contributed by atoms with Crippen LogP contribution in [0.4, 0.5) is 0 Å². The van der Waals surface area contributed by atoms with Crippen LogP contribution in [0.25, 0.3) is 0 Å². The number of nitrogens with two attached hydrogens (primary N) is 1. The van der Waals surface area contributed by atoms with Crippen LogP contribution in [-0.2, 0) is 24.1 Å². The first-order chi connectivity index (χ1) is 5.06. The van der Waals surface area contributed by atoms with Crippen molar-refractivity contribution in [2.75, 3.05) is 19.4 Å². The van der Waals surface area contributed by atoms with Gasteiger partial charge in [-0.1, -0.05) is 0 Å². The Morgan fingerprint density at radius 2 is 2.09 bits per heavy atom. The Morgan fingerprint density at radius 3 is 2.55 bits per heavy atom. The van der Waals surface area contributed by atoms with Gasteiger partial charge in [0.2, 0.25) is 0 Å². The molecule has 0 aromatic rings. The standard InChI is InChI=1S/C6H15NO2S2/c1-11(8,10)9-6-4-2-3-5-7/h2-7H2,1H3. The molecule has 5 heteroatoms. The van der Waals surface area contributed by atoms with E-state index in [1.165, 1.54) is 6.26 Å². The number of rotatable bonds is 6. The second-order valence-corrected chi connectivity index (χ2v) is 5.84. The summed E-state index contributed by atoms with van der Waals surface area (Å²) >= 11 is 4.54. The summed E-state index contributed by atoms with van der Waals surface area (Å²) in [6.45, 7) is 1.19. The second kappa shape index (κ2) is 5.88. The summed E-state index contributed by atoms with van der Waals surface area (Å²) in [4.78, 5) is 0. The molecule has 0 saturated heterocycles. The normalized spacial score (nSPS) is 16.2. The Bertz CT molecular complexity index is 177. The zero-order valence-electron chi connectivity index (χ0n) is 6.75. The van der Waals surface area contributed by atoms with Crippen molar-refractivity contribution in [3.05, 3.63) is 0 Å². The average Bonchev–Trinajstić information content (AvgIpc) is 1.85. The van der Waals surface area contributed by atoms with Gasteiger partial charge < -0.3 is 5.73 Å². The van der Waals surface area contributed by atoms with Crippen LogP contribution in [0.15, 0.2) is 0 Å². The molecule has 0 spiro atoms. The summed E-state index contributed by atoms with van der Waals surface area (Å²) in [5.74, 6) is 0. The van der Waals surface area contributed by atoms with Gasteiger partial charge in [0.15, 0.2) is 0 Å². The molecule has 0 heterocycles. The zero-order chi connectivity index (χ0) is 8.74. The predicted octanol–water partition coefficient (Wildman–Crippen LogP) is 0.423. The average molecular weight is 197 g/mol. The smallest absolute Gasteiger partial charge is 0.141 e. The van der Waals surface area contributed by atoms with Crippen molar-refractivity contribution >= 4 is 20.0 Å². The lowest BCUT2D eigenvalue weighted by Crippen LogP contribution is -2.04. The molecule has 0 aliphatic heterocycles. The minimum absolute atomic E-state index is 0.485. The maximum atomic E-state index is 10.8. The summed E-state index contributed by atoms with van der Waals surface area (Å²) < 4.78 is 15.7. The van der Waals surface area contributed by atoms with Crippen LogP contribution in [0.1, 0.15) is 19.3 Å². The summed E-state index contributed by atoms with van der Waals surface area (Å²) in [5, 5.41) is 0. The molecule has 0 bridgehead atoms. The van der Waals surface area contributed by atoms with E-state index in [4.69, 9.17) is 9.92 Å². The van der Waals surface area contributed by atoms with Crippen molar-refractivity contribution in [2.24, 2.45) is 5.73 Å². The van der Waals surface area contributed by atoms with Crippen LogP contribution in [-0.4, -0.2) is 23.6 Å². The molecule has 2 N–H and O–H groups in total. The van der Waals surface area contributed by atoms with Crippen molar-refractivity contribution in [3.8, 4) is 0 Å². The Morgan fingerprint density at radius 1 is 1.45 bits per heavy atom. The van der Waals surface area contributed by atoms with Crippen molar-refractivity contribution in [3.63, 3.8) is 0 Å². The Balaban J connectivity index is 3.16. The van der Waals surface area contributed by atoms with Crippen LogP contribution in [0.2, 0.25) is 0 Å². The van der Waals surface area contributed by atoms with E-state index in [2.05, 4.69) is 11.2 Å². The van der Waals surface area contributed by atoms with E-state index >= 15 is 0 Å². The molecule has 0 aromatic carbocycles. The van der Waals surface area contributed by atoms with Gasteiger partial charge in [-0.15, -0.1) is 0 Å². The molecule has 0 saturated carbocycles.